The first-order valence-electron chi connectivity index (χ1n) is 9.80. The number of aromatic nitrogens is 2. The second-order valence-electron chi connectivity index (χ2n) is 8.60. The van der Waals surface area contributed by atoms with Crippen LogP contribution < -0.4 is 15.6 Å². The molecule has 2 unspecified atom stereocenters. The van der Waals surface area contributed by atoms with Crippen molar-refractivity contribution >= 4 is 40.0 Å². The lowest BCUT2D eigenvalue weighted by Crippen LogP contribution is -2.35. The van der Waals surface area contributed by atoms with Gasteiger partial charge in [-0.25, -0.2) is 9.59 Å². The first-order valence-corrected chi connectivity index (χ1v) is 11.5. The fraction of sp³-hybridized carbons (Fsp3) is 0.600. The van der Waals surface area contributed by atoms with Gasteiger partial charge in [-0.3, -0.25) is 9.32 Å². The van der Waals surface area contributed by atoms with Gasteiger partial charge in [0.2, 0.25) is 5.91 Å². The first kappa shape index (κ1) is 22.6. The molecule has 1 amide bonds. The summed E-state index contributed by atoms with van der Waals surface area (Å²) in [6, 6.07) is 0. The molecule has 0 aromatic carbocycles. The minimum absolute atomic E-state index is 0.175. The Balaban J connectivity index is 1.85. The quantitative estimate of drug-likeness (QED) is 0.409. The van der Waals surface area contributed by atoms with Gasteiger partial charge in [-0.05, 0) is 60.1 Å². The summed E-state index contributed by atoms with van der Waals surface area (Å²) in [4.78, 5) is 38.2. The molecule has 2 heterocycles. The Hall–Kier alpha value is -2.07. The Morgan fingerprint density at radius 3 is 2.67 bits per heavy atom. The van der Waals surface area contributed by atoms with Gasteiger partial charge in [0, 0.05) is 4.88 Å². The van der Waals surface area contributed by atoms with Gasteiger partial charge in [-0.1, -0.05) is 25.5 Å². The molecule has 1 aliphatic carbocycles. The lowest BCUT2D eigenvalue weighted by molar-refractivity contribution is -0.772. The summed E-state index contributed by atoms with van der Waals surface area (Å²) in [5, 5.41) is 5.57. The molecule has 2 aromatic rings. The molecular weight excluding hydrogens is 426 g/mol. The molecular formula is C20H28N3O5S2+. The van der Waals surface area contributed by atoms with Gasteiger partial charge < -0.3 is 10.1 Å². The normalized spacial score (nSPS) is 17.3. The number of aryl methyl sites for hydroxylation is 1. The van der Waals surface area contributed by atoms with Crippen molar-refractivity contribution in [3.63, 3.8) is 0 Å². The Morgan fingerprint density at radius 1 is 1.40 bits per heavy atom. The third-order valence-corrected chi connectivity index (χ3v) is 7.93. The second-order valence-corrected chi connectivity index (χ2v) is 11.0. The van der Waals surface area contributed by atoms with Crippen LogP contribution in [0.25, 0.3) is 0 Å². The highest BCUT2D eigenvalue weighted by Gasteiger charge is 2.35. The Morgan fingerprint density at radius 2 is 2.10 bits per heavy atom. The summed E-state index contributed by atoms with van der Waals surface area (Å²) < 4.78 is 11.2. The minimum atomic E-state index is -0.568. The highest BCUT2D eigenvalue weighted by atomic mass is 32.2. The number of hydrogen-bond donors (Lipinski definition) is 2. The second kappa shape index (κ2) is 8.58. The van der Waals surface area contributed by atoms with Crippen LogP contribution in [-0.4, -0.2) is 29.5 Å². The highest BCUT2D eigenvalue weighted by Crippen LogP contribution is 2.44. The number of methoxy groups -OCH3 is 1. The van der Waals surface area contributed by atoms with E-state index >= 15 is 0 Å². The molecule has 2 atom stereocenters. The zero-order valence-corrected chi connectivity index (χ0v) is 19.7. The number of nitrogens with zero attached hydrogens (tertiary/aromatic N) is 1. The van der Waals surface area contributed by atoms with E-state index in [-0.39, 0.29) is 11.3 Å². The molecule has 0 radical (unpaired) electrons. The van der Waals surface area contributed by atoms with Crippen LogP contribution >= 0.6 is 23.1 Å². The molecule has 0 spiro atoms. The van der Waals surface area contributed by atoms with Crippen LogP contribution in [0.2, 0.25) is 0 Å². The predicted octanol–water partition coefficient (Wildman–Crippen LogP) is 2.91. The molecule has 10 heteroatoms. The number of anilines is 1. The van der Waals surface area contributed by atoms with Gasteiger partial charge >= 0.3 is 16.6 Å². The molecule has 30 heavy (non-hydrogen) atoms. The van der Waals surface area contributed by atoms with E-state index in [9.17, 15) is 14.4 Å². The molecule has 0 fully saturated rings. The van der Waals surface area contributed by atoms with Gasteiger partial charge in [-0.15, -0.1) is 11.3 Å². The Bertz CT molecular complexity index is 1010. The van der Waals surface area contributed by atoms with Crippen LogP contribution in [0.1, 0.15) is 54.9 Å². The van der Waals surface area contributed by atoms with E-state index in [1.165, 1.54) is 23.1 Å². The number of thiophene rings is 1. The van der Waals surface area contributed by atoms with Crippen LogP contribution in [0, 0.1) is 11.3 Å². The number of H-pyrrole nitrogens is 1. The molecule has 2 N–H and O–H groups in total. The number of amides is 1. The molecule has 3 rings (SSSR count). The van der Waals surface area contributed by atoms with Gasteiger partial charge in [0.05, 0.1) is 17.9 Å². The van der Waals surface area contributed by atoms with Gasteiger partial charge in [0.15, 0.2) is 7.05 Å². The minimum Gasteiger partial charge on any atom is -0.465 e. The van der Waals surface area contributed by atoms with E-state index in [2.05, 4.69) is 31.4 Å². The largest absolute Gasteiger partial charge is 0.465 e. The van der Waals surface area contributed by atoms with E-state index < -0.39 is 16.8 Å². The smallest absolute Gasteiger partial charge is 0.441 e. The summed E-state index contributed by atoms with van der Waals surface area (Å²) >= 11 is 2.54. The van der Waals surface area contributed by atoms with Crippen molar-refractivity contribution in [3.8, 4) is 0 Å². The third-order valence-electron chi connectivity index (χ3n) is 5.53. The standard InChI is InChI=1S/C20H27N3O5S2/c1-10(29-17-19(26)28-22-23(17)5)15(24)21-16-14(18(25)27-6)12-8-7-11(20(2,3)4)9-13(12)30-16/h10-11H,7-9H2,1-6H3,(H-,21,22,24,25,26)/p+1. The number of carbonyl (C=O) groups is 2. The number of nitrogens with one attached hydrogen (secondary N) is 2. The molecule has 8 nitrogen and oxygen atoms in total. The fourth-order valence-electron chi connectivity index (χ4n) is 3.62. The maximum Gasteiger partial charge on any atom is 0.441 e. The number of fused-ring (bicyclic) bond motifs is 1. The average molecular weight is 455 g/mol. The highest BCUT2D eigenvalue weighted by molar-refractivity contribution is 8.00. The number of thioether (sulfide) groups is 1. The lowest BCUT2D eigenvalue weighted by atomic mass is 9.72. The van der Waals surface area contributed by atoms with Crippen LogP contribution in [0.3, 0.4) is 0 Å². The average Bonchev–Trinajstić information content (AvgIpc) is 3.20. The van der Waals surface area contributed by atoms with E-state index in [0.717, 1.165) is 41.5 Å². The van der Waals surface area contributed by atoms with Crippen molar-refractivity contribution in [2.24, 2.45) is 18.4 Å². The zero-order valence-electron chi connectivity index (χ0n) is 18.1. The van der Waals surface area contributed by atoms with E-state index in [1.807, 2.05) is 0 Å². The van der Waals surface area contributed by atoms with Crippen LogP contribution in [0.4, 0.5) is 5.00 Å². The number of carbonyl (C=O) groups excluding carboxylic acids is 2. The zero-order chi connectivity index (χ0) is 22.2. The molecule has 0 saturated carbocycles. The van der Waals surface area contributed by atoms with E-state index in [4.69, 9.17) is 9.26 Å². The number of ether oxygens (including phenoxy) is 1. The SMILES string of the molecule is COC(=O)c1c(NC(=O)C(C)Sc2c(=O)o[nH][n+]2C)sc2c1CCC(C(C)(C)C)C2. The molecule has 164 valence electrons. The van der Waals surface area contributed by atoms with Crippen molar-refractivity contribution in [2.45, 2.75) is 57.2 Å². The molecule has 0 bridgehead atoms. The summed E-state index contributed by atoms with van der Waals surface area (Å²) in [6.07, 6.45) is 2.67. The molecule has 1 aliphatic rings. The van der Waals surface area contributed by atoms with Crippen LogP contribution in [-0.2, 0) is 29.4 Å². The van der Waals surface area contributed by atoms with Gasteiger partial charge in [0.1, 0.15) is 5.00 Å². The summed E-state index contributed by atoms with van der Waals surface area (Å²) in [5.74, 6) is -0.216. The summed E-state index contributed by atoms with van der Waals surface area (Å²) in [6.45, 7) is 8.40. The number of hydrogen-bond acceptors (Lipinski definition) is 7. The number of aromatic amines is 1. The van der Waals surface area contributed by atoms with E-state index in [1.54, 1.807) is 14.0 Å². The maximum absolute atomic E-state index is 12.8. The summed E-state index contributed by atoms with van der Waals surface area (Å²) in [7, 11) is 2.98. The fourth-order valence-corrected chi connectivity index (χ4v) is 5.78. The van der Waals surface area contributed by atoms with Crippen molar-refractivity contribution in [3.05, 3.63) is 26.4 Å². The molecule has 0 aliphatic heterocycles. The van der Waals surface area contributed by atoms with Crippen molar-refractivity contribution in [1.82, 2.24) is 5.27 Å². The Labute approximate surface area is 183 Å². The van der Waals surface area contributed by atoms with Crippen LogP contribution in [0.5, 0.6) is 0 Å². The Kier molecular flexibility index (Phi) is 6.47. The monoisotopic (exact) mass is 454 g/mol. The van der Waals surface area contributed by atoms with Crippen LogP contribution in [0.15, 0.2) is 14.3 Å². The lowest BCUT2D eigenvalue weighted by Gasteiger charge is -2.33. The van der Waals surface area contributed by atoms with E-state index in [0.29, 0.717) is 21.5 Å². The predicted molar refractivity (Wildman–Crippen MR) is 115 cm³/mol. The number of rotatable bonds is 5. The van der Waals surface area contributed by atoms with Gasteiger partial charge in [0.25, 0.3) is 0 Å². The first-order chi connectivity index (χ1) is 14.0. The van der Waals surface area contributed by atoms with Crippen molar-refractivity contribution < 1.29 is 23.5 Å². The van der Waals surface area contributed by atoms with Crippen molar-refractivity contribution in [2.75, 3.05) is 12.4 Å². The topological polar surface area (TPSA) is 105 Å². The maximum atomic E-state index is 12.8. The van der Waals surface area contributed by atoms with Crippen molar-refractivity contribution in [1.29, 1.82) is 0 Å². The third kappa shape index (κ3) is 4.49. The number of esters is 1. The molecule has 2 aromatic heterocycles. The van der Waals surface area contributed by atoms with Gasteiger partial charge in [-0.2, -0.15) is 0 Å². The molecule has 0 saturated heterocycles. The summed E-state index contributed by atoms with van der Waals surface area (Å²) in [5.41, 5.74) is 1.09.